The predicted octanol–water partition coefficient (Wildman–Crippen LogP) is 2.42. The van der Waals surface area contributed by atoms with Gasteiger partial charge < -0.3 is 9.42 Å². The van der Waals surface area contributed by atoms with Gasteiger partial charge in [-0.25, -0.2) is 4.98 Å². The van der Waals surface area contributed by atoms with Crippen molar-refractivity contribution in [3.8, 4) is 0 Å². The van der Waals surface area contributed by atoms with E-state index < -0.39 is 6.55 Å². The Morgan fingerprint density at radius 3 is 3.00 bits per heavy atom. The van der Waals surface area contributed by atoms with Crippen LogP contribution in [0.3, 0.4) is 0 Å². The zero-order valence-corrected chi connectivity index (χ0v) is 11.4. The lowest BCUT2D eigenvalue weighted by molar-refractivity contribution is 0.0610. The minimum absolute atomic E-state index is 0.0260. The van der Waals surface area contributed by atoms with E-state index in [0.717, 1.165) is 17.4 Å². The molecule has 0 atom stereocenters. The molecule has 112 valence electrons. The van der Waals surface area contributed by atoms with Crippen molar-refractivity contribution in [2.45, 2.75) is 31.9 Å². The lowest BCUT2D eigenvalue weighted by atomic mass is 10.2. The van der Waals surface area contributed by atoms with Gasteiger partial charge in [-0.2, -0.15) is 8.78 Å². The van der Waals surface area contributed by atoms with E-state index in [2.05, 4.69) is 10.1 Å². The maximum atomic E-state index is 12.7. The number of amides is 1. The number of carbonyl (C=O) groups is 1. The third-order valence-corrected chi connectivity index (χ3v) is 3.41. The van der Waals surface area contributed by atoms with Gasteiger partial charge in [-0.1, -0.05) is 5.16 Å². The third kappa shape index (κ3) is 2.79. The summed E-state index contributed by atoms with van der Waals surface area (Å²) in [5, 5.41) is 3.74. The van der Waals surface area contributed by atoms with Crippen LogP contribution in [0.4, 0.5) is 8.78 Å². The van der Waals surface area contributed by atoms with Crippen molar-refractivity contribution in [1.82, 2.24) is 19.6 Å². The van der Waals surface area contributed by atoms with Crippen LogP contribution >= 0.6 is 0 Å². The monoisotopic (exact) mass is 296 g/mol. The average Bonchev–Trinajstić information content (AvgIpc) is 3.01. The van der Waals surface area contributed by atoms with E-state index in [1.165, 1.54) is 24.3 Å². The summed E-state index contributed by atoms with van der Waals surface area (Å²) in [6.45, 7) is -2.71. The molecular formula is C13H14F2N4O2. The van der Waals surface area contributed by atoms with E-state index in [1.807, 2.05) is 0 Å². The molecule has 1 aliphatic rings. The van der Waals surface area contributed by atoms with Crippen LogP contribution in [-0.2, 0) is 6.54 Å². The maximum absolute atomic E-state index is 12.7. The van der Waals surface area contributed by atoms with Crippen molar-refractivity contribution in [2.75, 3.05) is 7.05 Å². The Morgan fingerprint density at radius 2 is 2.33 bits per heavy atom. The Morgan fingerprint density at radius 1 is 1.57 bits per heavy atom. The van der Waals surface area contributed by atoms with E-state index in [1.54, 1.807) is 6.07 Å². The molecule has 2 aromatic rings. The van der Waals surface area contributed by atoms with Gasteiger partial charge in [0.05, 0.1) is 6.54 Å². The summed E-state index contributed by atoms with van der Waals surface area (Å²) in [6.07, 6.45) is 4.55. The van der Waals surface area contributed by atoms with E-state index in [0.29, 0.717) is 11.7 Å². The molecule has 21 heavy (non-hydrogen) atoms. The molecule has 0 N–H and O–H groups in total. The molecule has 1 aliphatic carbocycles. The molecule has 1 fully saturated rings. The van der Waals surface area contributed by atoms with Crippen molar-refractivity contribution in [2.24, 2.45) is 0 Å². The van der Waals surface area contributed by atoms with Crippen LogP contribution in [0.15, 0.2) is 23.0 Å². The Kier molecular flexibility index (Phi) is 3.44. The first kappa shape index (κ1) is 13.7. The number of nitrogens with zero attached hydrogens (tertiary/aromatic N) is 4. The molecule has 1 amide bonds. The second-order valence-electron chi connectivity index (χ2n) is 5.08. The molecule has 2 aromatic heterocycles. The van der Waals surface area contributed by atoms with Crippen molar-refractivity contribution in [3.63, 3.8) is 0 Å². The molecular weight excluding hydrogens is 282 g/mol. The Balaban J connectivity index is 1.70. The first-order valence-electron chi connectivity index (χ1n) is 6.58. The van der Waals surface area contributed by atoms with Crippen molar-refractivity contribution in [3.05, 3.63) is 35.7 Å². The molecule has 6 nitrogen and oxygen atoms in total. The van der Waals surface area contributed by atoms with E-state index >= 15 is 0 Å². The predicted molar refractivity (Wildman–Crippen MR) is 67.8 cm³/mol. The minimum Gasteiger partial charge on any atom is -0.360 e. The summed E-state index contributed by atoms with van der Waals surface area (Å²) in [4.78, 5) is 17.3. The molecule has 2 heterocycles. The van der Waals surface area contributed by atoms with Crippen LogP contribution in [0.2, 0.25) is 0 Å². The summed E-state index contributed by atoms with van der Waals surface area (Å²) in [7, 11) is 1.51. The third-order valence-electron chi connectivity index (χ3n) is 3.41. The summed E-state index contributed by atoms with van der Waals surface area (Å²) < 4.78 is 31.3. The molecule has 0 aliphatic heterocycles. The standard InChI is InChI=1S/C13H14F2N4O2/c1-18(7-11-16-4-5-19(11)13(14)15)12(20)9-6-10(21-17-9)8-2-3-8/h4-6,8,13H,2-3,7H2,1H3. The molecule has 0 aromatic carbocycles. The highest BCUT2D eigenvalue weighted by atomic mass is 19.3. The molecule has 0 saturated heterocycles. The maximum Gasteiger partial charge on any atom is 0.319 e. The van der Waals surface area contributed by atoms with Gasteiger partial charge in [-0.3, -0.25) is 9.36 Å². The summed E-state index contributed by atoms with van der Waals surface area (Å²) in [5.41, 5.74) is 0.189. The highest BCUT2D eigenvalue weighted by Crippen LogP contribution is 2.40. The molecule has 0 bridgehead atoms. The van der Waals surface area contributed by atoms with Gasteiger partial charge in [-0.15, -0.1) is 0 Å². The summed E-state index contributed by atoms with van der Waals surface area (Å²) >= 11 is 0. The van der Waals surface area contributed by atoms with Crippen LogP contribution in [-0.4, -0.2) is 32.6 Å². The van der Waals surface area contributed by atoms with Crippen LogP contribution < -0.4 is 0 Å². The number of aromatic nitrogens is 3. The largest absolute Gasteiger partial charge is 0.360 e. The number of rotatable bonds is 5. The van der Waals surface area contributed by atoms with Crippen LogP contribution in [0.1, 0.15) is 47.4 Å². The van der Waals surface area contributed by atoms with Crippen LogP contribution in [0.25, 0.3) is 0 Å². The molecule has 0 unspecified atom stereocenters. The molecule has 8 heteroatoms. The van der Waals surface area contributed by atoms with Crippen molar-refractivity contribution in [1.29, 1.82) is 0 Å². The molecule has 3 rings (SSSR count). The number of hydrogen-bond donors (Lipinski definition) is 0. The van der Waals surface area contributed by atoms with E-state index in [-0.39, 0.29) is 24.0 Å². The fourth-order valence-electron chi connectivity index (χ4n) is 2.07. The number of imidazole rings is 1. The molecule has 1 saturated carbocycles. The van der Waals surface area contributed by atoms with Crippen molar-refractivity contribution < 1.29 is 18.1 Å². The Hall–Kier alpha value is -2.25. The zero-order valence-electron chi connectivity index (χ0n) is 11.4. The smallest absolute Gasteiger partial charge is 0.319 e. The number of carbonyl (C=O) groups excluding carboxylic acids is 1. The van der Waals surface area contributed by atoms with Gasteiger partial charge in [0.1, 0.15) is 11.6 Å². The molecule has 0 radical (unpaired) electrons. The molecule has 0 spiro atoms. The zero-order chi connectivity index (χ0) is 15.0. The van der Waals surface area contributed by atoms with Gasteiger partial charge in [0.15, 0.2) is 5.69 Å². The quantitative estimate of drug-likeness (QED) is 0.850. The second-order valence-corrected chi connectivity index (χ2v) is 5.08. The highest BCUT2D eigenvalue weighted by molar-refractivity contribution is 5.92. The van der Waals surface area contributed by atoms with Crippen LogP contribution in [0, 0.1) is 0 Å². The van der Waals surface area contributed by atoms with E-state index in [4.69, 9.17) is 4.52 Å². The lowest BCUT2D eigenvalue weighted by Crippen LogP contribution is -2.28. The number of hydrogen-bond acceptors (Lipinski definition) is 4. The normalized spacial score (nSPS) is 14.7. The highest BCUT2D eigenvalue weighted by Gasteiger charge is 2.29. The topological polar surface area (TPSA) is 64.2 Å². The van der Waals surface area contributed by atoms with Crippen molar-refractivity contribution >= 4 is 5.91 Å². The lowest BCUT2D eigenvalue weighted by Gasteiger charge is -2.16. The first-order valence-corrected chi connectivity index (χ1v) is 6.58. The van der Waals surface area contributed by atoms with Gasteiger partial charge in [-0.05, 0) is 12.8 Å². The van der Waals surface area contributed by atoms with Gasteiger partial charge in [0, 0.05) is 31.4 Å². The average molecular weight is 296 g/mol. The fourth-order valence-corrected chi connectivity index (χ4v) is 2.07. The van der Waals surface area contributed by atoms with E-state index in [9.17, 15) is 13.6 Å². The first-order chi connectivity index (χ1) is 10.1. The van der Waals surface area contributed by atoms with Gasteiger partial charge >= 0.3 is 6.55 Å². The summed E-state index contributed by atoms with van der Waals surface area (Å²) in [5.74, 6) is 0.809. The van der Waals surface area contributed by atoms with Crippen LogP contribution in [0.5, 0.6) is 0 Å². The van der Waals surface area contributed by atoms with Gasteiger partial charge in [0.25, 0.3) is 5.91 Å². The SMILES string of the molecule is CN(Cc1nccn1C(F)F)C(=O)c1cc(C2CC2)on1. The fraction of sp³-hybridized carbons (Fsp3) is 0.462. The minimum atomic E-state index is -2.68. The number of halogens is 2. The summed E-state index contributed by atoms with van der Waals surface area (Å²) in [6, 6.07) is 1.62. The number of alkyl halides is 2. The Bertz CT molecular complexity index is 648. The second kappa shape index (κ2) is 5.27. The Labute approximate surface area is 119 Å². The van der Waals surface area contributed by atoms with Gasteiger partial charge in [0.2, 0.25) is 0 Å².